The van der Waals surface area contributed by atoms with Gasteiger partial charge in [0.25, 0.3) is 0 Å². The van der Waals surface area contributed by atoms with Gasteiger partial charge in [0.2, 0.25) is 5.88 Å². The van der Waals surface area contributed by atoms with Crippen LogP contribution < -0.4 is 4.74 Å². The Morgan fingerprint density at radius 1 is 1.29 bits per heavy atom. The fourth-order valence-electron chi connectivity index (χ4n) is 1.49. The van der Waals surface area contributed by atoms with Gasteiger partial charge in [0.15, 0.2) is 0 Å². The van der Waals surface area contributed by atoms with Crippen LogP contribution in [-0.4, -0.2) is 27.7 Å². The van der Waals surface area contributed by atoms with Crippen LogP contribution in [0, 0.1) is 0 Å². The summed E-state index contributed by atoms with van der Waals surface area (Å²) in [6, 6.07) is 7.53. The molecule has 1 aromatic carbocycles. The second kappa shape index (κ2) is 5.25. The van der Waals surface area contributed by atoms with Crippen molar-refractivity contribution in [3.05, 3.63) is 30.6 Å². The maximum absolute atomic E-state index is 10.3. The number of para-hydroxylation sites is 1. The number of fused-ring (bicyclic) bond motifs is 1. The molecule has 0 aliphatic carbocycles. The number of carboxylic acid groups (broad SMARTS) is 1. The molecule has 0 spiro atoms. The lowest BCUT2D eigenvalue weighted by Gasteiger charge is -2.06. The minimum absolute atomic E-state index is 0.100. The van der Waals surface area contributed by atoms with E-state index in [0.717, 1.165) is 10.9 Å². The number of carbonyl (C=O) groups is 1. The molecule has 0 amide bonds. The van der Waals surface area contributed by atoms with Crippen molar-refractivity contribution in [1.29, 1.82) is 0 Å². The molecule has 1 heterocycles. The van der Waals surface area contributed by atoms with Crippen molar-refractivity contribution >= 4 is 16.9 Å². The van der Waals surface area contributed by atoms with E-state index in [1.165, 1.54) is 6.33 Å². The van der Waals surface area contributed by atoms with Crippen LogP contribution in [0.5, 0.6) is 5.88 Å². The van der Waals surface area contributed by atoms with Gasteiger partial charge in [-0.1, -0.05) is 12.1 Å². The van der Waals surface area contributed by atoms with E-state index in [2.05, 4.69) is 9.97 Å². The summed E-state index contributed by atoms with van der Waals surface area (Å²) >= 11 is 0. The number of benzene rings is 1. The molecule has 0 saturated heterocycles. The van der Waals surface area contributed by atoms with Crippen molar-refractivity contribution in [2.24, 2.45) is 0 Å². The molecule has 0 unspecified atom stereocenters. The van der Waals surface area contributed by atoms with Crippen molar-refractivity contribution in [3.63, 3.8) is 0 Å². The predicted molar refractivity (Wildman–Crippen MR) is 61.9 cm³/mol. The summed E-state index contributed by atoms with van der Waals surface area (Å²) in [5.41, 5.74) is 0.815. The largest absolute Gasteiger partial charge is 0.481 e. The number of carboxylic acids is 1. The lowest BCUT2D eigenvalue weighted by atomic mass is 10.2. The van der Waals surface area contributed by atoms with Gasteiger partial charge in [-0.3, -0.25) is 4.79 Å². The first-order valence-electron chi connectivity index (χ1n) is 5.32. The normalized spacial score (nSPS) is 10.4. The maximum atomic E-state index is 10.3. The Labute approximate surface area is 98.1 Å². The average molecular weight is 232 g/mol. The van der Waals surface area contributed by atoms with E-state index in [4.69, 9.17) is 9.84 Å². The highest BCUT2D eigenvalue weighted by Gasteiger charge is 2.04. The fourth-order valence-corrected chi connectivity index (χ4v) is 1.49. The Kier molecular flexibility index (Phi) is 3.49. The summed E-state index contributed by atoms with van der Waals surface area (Å²) < 4.78 is 5.46. The summed E-state index contributed by atoms with van der Waals surface area (Å²) in [4.78, 5) is 18.5. The van der Waals surface area contributed by atoms with Crippen molar-refractivity contribution in [2.45, 2.75) is 12.8 Å². The molecule has 5 heteroatoms. The monoisotopic (exact) mass is 232 g/mol. The number of hydrogen-bond acceptors (Lipinski definition) is 4. The molecule has 0 aliphatic rings. The summed E-state index contributed by atoms with van der Waals surface area (Å²) in [5.74, 6) is -0.317. The van der Waals surface area contributed by atoms with Gasteiger partial charge >= 0.3 is 5.97 Å². The van der Waals surface area contributed by atoms with Gasteiger partial charge in [-0.25, -0.2) is 9.97 Å². The number of rotatable bonds is 5. The van der Waals surface area contributed by atoms with E-state index >= 15 is 0 Å². The van der Waals surface area contributed by atoms with E-state index in [1.54, 1.807) is 0 Å². The lowest BCUT2D eigenvalue weighted by molar-refractivity contribution is -0.137. The second-order valence-electron chi connectivity index (χ2n) is 3.54. The van der Waals surface area contributed by atoms with Gasteiger partial charge in [-0.2, -0.15) is 0 Å². The first-order chi connectivity index (χ1) is 8.27. The average Bonchev–Trinajstić information content (AvgIpc) is 2.34. The van der Waals surface area contributed by atoms with Gasteiger partial charge in [0, 0.05) is 6.42 Å². The maximum Gasteiger partial charge on any atom is 0.303 e. The quantitative estimate of drug-likeness (QED) is 0.797. The lowest BCUT2D eigenvalue weighted by Crippen LogP contribution is -2.03. The number of nitrogens with zero attached hydrogens (tertiary/aromatic N) is 2. The molecule has 17 heavy (non-hydrogen) atoms. The van der Waals surface area contributed by atoms with E-state index in [-0.39, 0.29) is 6.42 Å². The molecule has 0 saturated carbocycles. The number of aromatic nitrogens is 2. The molecule has 0 radical (unpaired) electrons. The summed E-state index contributed by atoms with van der Waals surface area (Å²) in [7, 11) is 0. The Bertz CT molecular complexity index is 523. The SMILES string of the molecule is O=C(O)CCCOc1ncnc2ccccc12. The molecule has 5 nitrogen and oxygen atoms in total. The highest BCUT2D eigenvalue weighted by atomic mass is 16.5. The van der Waals surface area contributed by atoms with Crippen molar-refractivity contribution in [2.75, 3.05) is 6.61 Å². The summed E-state index contributed by atoms with van der Waals surface area (Å²) in [5, 5.41) is 9.34. The third-order valence-electron chi connectivity index (χ3n) is 2.28. The molecule has 0 bridgehead atoms. The topological polar surface area (TPSA) is 72.3 Å². The van der Waals surface area contributed by atoms with Gasteiger partial charge in [0.05, 0.1) is 17.5 Å². The van der Waals surface area contributed by atoms with Crippen LogP contribution in [0.4, 0.5) is 0 Å². The van der Waals surface area contributed by atoms with Crippen LogP contribution >= 0.6 is 0 Å². The molecule has 0 fully saturated rings. The molecule has 0 aliphatic heterocycles. The first-order valence-corrected chi connectivity index (χ1v) is 5.32. The molecule has 0 atom stereocenters. The van der Waals surface area contributed by atoms with Crippen LogP contribution in [-0.2, 0) is 4.79 Å². The molecular weight excluding hydrogens is 220 g/mol. The molecule has 2 rings (SSSR count). The third kappa shape index (κ3) is 2.90. The molecule has 88 valence electrons. The van der Waals surface area contributed by atoms with Crippen molar-refractivity contribution < 1.29 is 14.6 Å². The number of ether oxygens (including phenoxy) is 1. The first kappa shape index (κ1) is 11.3. The van der Waals surface area contributed by atoms with Crippen LogP contribution in [0.15, 0.2) is 30.6 Å². The molecule has 1 N–H and O–H groups in total. The van der Waals surface area contributed by atoms with Gasteiger partial charge < -0.3 is 9.84 Å². The number of aliphatic carboxylic acids is 1. The fraction of sp³-hybridized carbons (Fsp3) is 0.250. The third-order valence-corrected chi connectivity index (χ3v) is 2.28. The van der Waals surface area contributed by atoms with Gasteiger partial charge in [0.1, 0.15) is 6.33 Å². The highest BCUT2D eigenvalue weighted by Crippen LogP contribution is 2.20. The van der Waals surface area contributed by atoms with Crippen LogP contribution in [0.1, 0.15) is 12.8 Å². The van der Waals surface area contributed by atoms with Crippen LogP contribution in [0.25, 0.3) is 10.9 Å². The van der Waals surface area contributed by atoms with E-state index in [9.17, 15) is 4.79 Å². The Balaban J connectivity index is 2.05. The molecule has 1 aromatic heterocycles. The Morgan fingerprint density at radius 2 is 2.12 bits per heavy atom. The zero-order valence-corrected chi connectivity index (χ0v) is 9.17. The van der Waals surface area contributed by atoms with Crippen LogP contribution in [0.3, 0.4) is 0 Å². The molecule has 2 aromatic rings. The molecular formula is C12H12N2O3. The standard InChI is InChI=1S/C12H12N2O3/c15-11(16)6-3-7-17-12-9-4-1-2-5-10(9)13-8-14-12/h1-2,4-5,8H,3,6-7H2,(H,15,16). The second-order valence-corrected chi connectivity index (χ2v) is 3.54. The van der Waals surface area contributed by atoms with Crippen molar-refractivity contribution in [1.82, 2.24) is 9.97 Å². The summed E-state index contributed by atoms with van der Waals surface area (Å²) in [6.07, 6.45) is 2.01. The Morgan fingerprint density at radius 3 is 2.94 bits per heavy atom. The minimum Gasteiger partial charge on any atom is -0.481 e. The van der Waals surface area contributed by atoms with Crippen molar-refractivity contribution in [3.8, 4) is 5.88 Å². The van der Waals surface area contributed by atoms with Crippen LogP contribution in [0.2, 0.25) is 0 Å². The number of hydrogen-bond donors (Lipinski definition) is 1. The Hall–Kier alpha value is -2.17. The van der Waals surface area contributed by atoms with E-state index < -0.39 is 5.97 Å². The minimum atomic E-state index is -0.818. The van der Waals surface area contributed by atoms with Gasteiger partial charge in [-0.05, 0) is 18.6 Å². The van der Waals surface area contributed by atoms with E-state index in [0.29, 0.717) is 18.9 Å². The van der Waals surface area contributed by atoms with E-state index in [1.807, 2.05) is 24.3 Å². The smallest absolute Gasteiger partial charge is 0.303 e. The highest BCUT2D eigenvalue weighted by molar-refractivity contribution is 5.82. The predicted octanol–water partition coefficient (Wildman–Crippen LogP) is 1.87. The van der Waals surface area contributed by atoms with Gasteiger partial charge in [-0.15, -0.1) is 0 Å². The zero-order chi connectivity index (χ0) is 12.1. The zero-order valence-electron chi connectivity index (χ0n) is 9.17. The summed E-state index contributed by atoms with van der Waals surface area (Å²) in [6.45, 7) is 0.341.